The predicted octanol–water partition coefficient (Wildman–Crippen LogP) is 4.59. The summed E-state index contributed by atoms with van der Waals surface area (Å²) < 4.78 is 12.9. The molecule has 132 valence electrons. The maximum absolute atomic E-state index is 12.8. The number of benzene rings is 1. The summed E-state index contributed by atoms with van der Waals surface area (Å²) in [5.41, 5.74) is 1.94. The van der Waals surface area contributed by atoms with E-state index in [-0.39, 0.29) is 5.41 Å². The summed E-state index contributed by atoms with van der Waals surface area (Å²) in [6.07, 6.45) is 3.37. The lowest BCUT2D eigenvalue weighted by atomic mass is 9.68. The van der Waals surface area contributed by atoms with Crippen molar-refractivity contribution in [2.75, 3.05) is 25.0 Å². The molecule has 3 nitrogen and oxygen atoms in total. The molecule has 1 saturated carbocycles. The van der Waals surface area contributed by atoms with Crippen molar-refractivity contribution in [3.8, 4) is 0 Å². The number of hydrogen-bond acceptors (Lipinski definition) is 3. The van der Waals surface area contributed by atoms with Gasteiger partial charge in [0.25, 0.3) is 0 Å². The van der Waals surface area contributed by atoms with Crippen LogP contribution in [0, 0.1) is 0 Å². The Kier molecular flexibility index (Phi) is 5.93. The van der Waals surface area contributed by atoms with Crippen molar-refractivity contribution in [2.24, 2.45) is 0 Å². The third kappa shape index (κ3) is 3.41. The van der Waals surface area contributed by atoms with Gasteiger partial charge >= 0.3 is 0 Å². The van der Waals surface area contributed by atoms with Crippen molar-refractivity contribution in [1.82, 2.24) is 0 Å². The molecule has 0 unspecified atom stereocenters. The molecule has 2 aliphatic carbocycles. The first kappa shape index (κ1) is 18.7. The van der Waals surface area contributed by atoms with E-state index < -0.39 is 5.79 Å². The molecule has 2 aliphatic rings. The molecule has 1 fully saturated rings. The second-order valence-electron chi connectivity index (χ2n) is 6.47. The molecular formula is C18H21BrCl2O3. The SMILES string of the molecule is O=C1Cc2cc(Br)ccc2C12CCC(OCCCl)(OCCCl)CC2. The van der Waals surface area contributed by atoms with Crippen molar-refractivity contribution in [1.29, 1.82) is 0 Å². The van der Waals surface area contributed by atoms with Crippen LogP contribution in [0.3, 0.4) is 0 Å². The molecule has 0 N–H and O–H groups in total. The van der Waals surface area contributed by atoms with Gasteiger partial charge in [-0.25, -0.2) is 0 Å². The summed E-state index contributed by atoms with van der Waals surface area (Å²) in [5, 5.41) is 0. The minimum atomic E-state index is -0.659. The second kappa shape index (κ2) is 7.63. The molecular weight excluding hydrogens is 415 g/mol. The van der Waals surface area contributed by atoms with Gasteiger partial charge in [-0.05, 0) is 36.1 Å². The molecule has 0 heterocycles. The minimum absolute atomic E-state index is 0.318. The van der Waals surface area contributed by atoms with Crippen LogP contribution in [0.15, 0.2) is 22.7 Å². The van der Waals surface area contributed by atoms with Gasteiger partial charge in [0.2, 0.25) is 0 Å². The first-order valence-corrected chi connectivity index (χ1v) is 10.1. The van der Waals surface area contributed by atoms with Crippen LogP contribution < -0.4 is 0 Å². The van der Waals surface area contributed by atoms with Gasteiger partial charge < -0.3 is 9.47 Å². The van der Waals surface area contributed by atoms with E-state index in [1.54, 1.807) is 0 Å². The minimum Gasteiger partial charge on any atom is -0.349 e. The molecule has 1 aromatic rings. The van der Waals surface area contributed by atoms with Crippen LogP contribution in [0.4, 0.5) is 0 Å². The monoisotopic (exact) mass is 434 g/mol. The van der Waals surface area contributed by atoms with Gasteiger partial charge in [-0.15, -0.1) is 23.2 Å². The lowest BCUT2D eigenvalue weighted by Crippen LogP contribution is -2.47. The number of alkyl halides is 2. The molecule has 0 aromatic heterocycles. The molecule has 1 aromatic carbocycles. The summed E-state index contributed by atoms with van der Waals surface area (Å²) in [5.74, 6) is 0.506. The van der Waals surface area contributed by atoms with Gasteiger partial charge in [-0.1, -0.05) is 22.0 Å². The van der Waals surface area contributed by atoms with Crippen molar-refractivity contribution in [2.45, 2.75) is 43.3 Å². The Balaban J connectivity index is 1.81. The number of Topliss-reactive ketones (excluding diaryl/α,β-unsaturated/α-hetero) is 1. The van der Waals surface area contributed by atoms with Crippen LogP contribution >= 0.6 is 39.1 Å². The van der Waals surface area contributed by atoms with Crippen molar-refractivity contribution < 1.29 is 14.3 Å². The first-order chi connectivity index (χ1) is 11.6. The van der Waals surface area contributed by atoms with Crippen LogP contribution in [0.5, 0.6) is 0 Å². The number of halogens is 3. The summed E-state index contributed by atoms with van der Waals surface area (Å²) >= 11 is 15.1. The summed E-state index contributed by atoms with van der Waals surface area (Å²) in [4.78, 5) is 12.8. The zero-order valence-corrected chi connectivity index (χ0v) is 16.6. The first-order valence-electron chi connectivity index (χ1n) is 8.27. The second-order valence-corrected chi connectivity index (χ2v) is 8.14. The number of rotatable bonds is 6. The number of carbonyl (C=O) groups excluding carboxylic acids is 1. The molecule has 0 amide bonds. The molecule has 0 aliphatic heterocycles. The normalized spacial score (nSPS) is 21.2. The van der Waals surface area contributed by atoms with Gasteiger partial charge in [0, 0.05) is 35.5 Å². The van der Waals surface area contributed by atoms with Gasteiger partial charge in [0.15, 0.2) is 5.79 Å². The Bertz CT molecular complexity index is 602. The Morgan fingerprint density at radius 1 is 1.04 bits per heavy atom. The Morgan fingerprint density at radius 2 is 1.67 bits per heavy atom. The molecule has 0 bridgehead atoms. The van der Waals surface area contributed by atoms with E-state index in [9.17, 15) is 4.79 Å². The van der Waals surface area contributed by atoms with Crippen molar-refractivity contribution >= 4 is 44.9 Å². The third-order valence-corrected chi connectivity index (χ3v) is 6.02. The van der Waals surface area contributed by atoms with Crippen LogP contribution in [-0.2, 0) is 26.1 Å². The highest BCUT2D eigenvalue weighted by molar-refractivity contribution is 9.10. The van der Waals surface area contributed by atoms with Crippen LogP contribution in [0.25, 0.3) is 0 Å². The molecule has 24 heavy (non-hydrogen) atoms. The lowest BCUT2D eigenvalue weighted by molar-refractivity contribution is -0.251. The molecule has 0 saturated heterocycles. The molecule has 1 spiro atoms. The zero-order valence-electron chi connectivity index (χ0n) is 13.5. The van der Waals surface area contributed by atoms with E-state index >= 15 is 0 Å². The fourth-order valence-corrected chi connectivity index (χ4v) is 4.62. The van der Waals surface area contributed by atoms with E-state index in [2.05, 4.69) is 28.1 Å². The smallest absolute Gasteiger partial charge is 0.168 e. The van der Waals surface area contributed by atoms with Gasteiger partial charge in [0.1, 0.15) is 5.78 Å². The van der Waals surface area contributed by atoms with Gasteiger partial charge in [0.05, 0.1) is 18.6 Å². The maximum Gasteiger partial charge on any atom is 0.168 e. The van der Waals surface area contributed by atoms with Crippen LogP contribution in [-0.4, -0.2) is 36.5 Å². The number of ketones is 1. The highest BCUT2D eigenvalue weighted by Crippen LogP contribution is 2.50. The van der Waals surface area contributed by atoms with E-state index in [1.807, 2.05) is 6.07 Å². The van der Waals surface area contributed by atoms with E-state index in [0.717, 1.165) is 22.9 Å². The van der Waals surface area contributed by atoms with Gasteiger partial charge in [-0.2, -0.15) is 0 Å². The third-order valence-electron chi connectivity index (χ3n) is 5.22. The summed E-state index contributed by atoms with van der Waals surface area (Å²) in [6.45, 7) is 0.878. The standard InChI is InChI=1S/C18H21BrCl2O3/c19-14-1-2-15-13(11-14)12-16(22)17(15)3-5-18(6-4-17,23-9-7-20)24-10-8-21/h1-2,11H,3-10,12H2. The van der Waals surface area contributed by atoms with E-state index in [4.69, 9.17) is 32.7 Å². The van der Waals surface area contributed by atoms with Crippen molar-refractivity contribution in [3.63, 3.8) is 0 Å². The zero-order chi connectivity index (χ0) is 17.2. The molecule has 6 heteroatoms. The van der Waals surface area contributed by atoms with Crippen LogP contribution in [0.2, 0.25) is 0 Å². The number of carbonyl (C=O) groups is 1. The molecule has 0 atom stereocenters. The highest BCUT2D eigenvalue weighted by atomic mass is 79.9. The van der Waals surface area contributed by atoms with E-state index in [1.165, 1.54) is 5.56 Å². The van der Waals surface area contributed by atoms with E-state index in [0.29, 0.717) is 50.0 Å². The topological polar surface area (TPSA) is 35.5 Å². The fraction of sp³-hybridized carbons (Fsp3) is 0.611. The summed E-state index contributed by atoms with van der Waals surface area (Å²) in [6, 6.07) is 6.18. The average Bonchev–Trinajstić information content (AvgIpc) is 2.85. The van der Waals surface area contributed by atoms with Crippen molar-refractivity contribution in [3.05, 3.63) is 33.8 Å². The maximum atomic E-state index is 12.8. The number of fused-ring (bicyclic) bond motifs is 2. The van der Waals surface area contributed by atoms with Gasteiger partial charge in [-0.3, -0.25) is 4.79 Å². The largest absolute Gasteiger partial charge is 0.349 e. The Hall–Kier alpha value is -0.130. The number of ether oxygens (including phenoxy) is 2. The Morgan fingerprint density at radius 3 is 2.25 bits per heavy atom. The molecule has 3 rings (SSSR count). The predicted molar refractivity (Wildman–Crippen MR) is 99.1 cm³/mol. The summed E-state index contributed by atoms with van der Waals surface area (Å²) in [7, 11) is 0. The number of hydrogen-bond donors (Lipinski definition) is 0. The highest BCUT2D eigenvalue weighted by Gasteiger charge is 2.52. The van der Waals surface area contributed by atoms with Crippen LogP contribution in [0.1, 0.15) is 36.8 Å². The quantitative estimate of drug-likeness (QED) is 0.484. The Labute approximate surface area is 161 Å². The fourth-order valence-electron chi connectivity index (χ4n) is 4.05. The average molecular weight is 436 g/mol. The molecule has 0 radical (unpaired) electrons. The lowest BCUT2D eigenvalue weighted by Gasteiger charge is -2.44.